The van der Waals surface area contributed by atoms with Crippen LogP contribution >= 0.6 is 0 Å². The van der Waals surface area contributed by atoms with Gasteiger partial charge in [-0.05, 0) is 24.6 Å². The van der Waals surface area contributed by atoms with Gasteiger partial charge in [0.25, 0.3) is 5.91 Å². The van der Waals surface area contributed by atoms with Crippen molar-refractivity contribution in [2.45, 2.75) is 31.7 Å². The van der Waals surface area contributed by atoms with Gasteiger partial charge >= 0.3 is 5.91 Å². The summed E-state index contributed by atoms with van der Waals surface area (Å²) in [5, 5.41) is 0. The molecule has 1 atom stereocenters. The molecule has 1 aromatic carbocycles. The smallest absolute Gasteiger partial charge is 0.455 e. The van der Waals surface area contributed by atoms with Crippen molar-refractivity contribution in [2.75, 3.05) is 32.8 Å². The number of aryl methyl sites for hydroxylation is 1. The number of ether oxygens (including phenoxy) is 3. The monoisotopic (exact) mass is 435 g/mol. The van der Waals surface area contributed by atoms with Gasteiger partial charge in [-0.2, -0.15) is 0 Å². The summed E-state index contributed by atoms with van der Waals surface area (Å²) in [6, 6.07) is 7.87. The molecule has 32 heavy (non-hydrogen) atoms. The zero-order valence-corrected chi connectivity index (χ0v) is 18.2. The molecule has 2 fully saturated rings. The van der Waals surface area contributed by atoms with Crippen molar-refractivity contribution < 1.29 is 28.4 Å². The molecule has 1 aromatic rings. The van der Waals surface area contributed by atoms with E-state index in [-0.39, 0.29) is 24.1 Å². The SMILES string of the molecule is Cc1cccc(/C=C2/OC3C=CC=CC3=[N+](CC(=O)N3CCC4(CC3)OCCO4)C2=O)c1. The van der Waals surface area contributed by atoms with Crippen LogP contribution in [0.3, 0.4) is 0 Å². The number of fused-ring (bicyclic) bond motifs is 1. The molecule has 2 saturated heterocycles. The Morgan fingerprint density at radius 3 is 2.75 bits per heavy atom. The summed E-state index contributed by atoms with van der Waals surface area (Å²) in [6.07, 6.45) is 10.1. The highest BCUT2D eigenvalue weighted by molar-refractivity contribution is 6.06. The summed E-state index contributed by atoms with van der Waals surface area (Å²) in [6.45, 7) is 4.29. The van der Waals surface area contributed by atoms with E-state index < -0.39 is 11.9 Å². The molecule has 3 heterocycles. The van der Waals surface area contributed by atoms with Gasteiger partial charge in [0.05, 0.1) is 13.2 Å². The average Bonchev–Trinajstić information content (AvgIpc) is 3.25. The van der Waals surface area contributed by atoms with Gasteiger partial charge in [-0.25, -0.2) is 4.79 Å². The Labute approximate surface area is 187 Å². The van der Waals surface area contributed by atoms with Crippen molar-refractivity contribution in [3.8, 4) is 0 Å². The van der Waals surface area contributed by atoms with Crippen molar-refractivity contribution in [1.82, 2.24) is 4.90 Å². The van der Waals surface area contributed by atoms with Crippen LogP contribution in [0.5, 0.6) is 0 Å². The highest BCUT2D eigenvalue weighted by Crippen LogP contribution is 2.31. The lowest BCUT2D eigenvalue weighted by atomic mass is 10.0. The van der Waals surface area contributed by atoms with E-state index in [0.29, 0.717) is 44.9 Å². The van der Waals surface area contributed by atoms with Crippen LogP contribution in [-0.2, 0) is 23.8 Å². The van der Waals surface area contributed by atoms with Crippen LogP contribution in [0.15, 0.2) is 54.3 Å². The van der Waals surface area contributed by atoms with Crippen LogP contribution < -0.4 is 0 Å². The fourth-order valence-electron chi connectivity index (χ4n) is 4.58. The quantitative estimate of drug-likeness (QED) is 0.538. The highest BCUT2D eigenvalue weighted by atomic mass is 16.7. The van der Waals surface area contributed by atoms with Gasteiger partial charge < -0.3 is 19.1 Å². The molecule has 0 saturated carbocycles. The van der Waals surface area contributed by atoms with Gasteiger partial charge in [-0.3, -0.25) is 4.79 Å². The maximum absolute atomic E-state index is 13.3. The third-order valence-electron chi connectivity index (χ3n) is 6.30. The van der Waals surface area contributed by atoms with Crippen molar-refractivity contribution in [3.05, 3.63) is 65.5 Å². The van der Waals surface area contributed by atoms with Gasteiger partial charge in [-0.15, -0.1) is 4.58 Å². The summed E-state index contributed by atoms with van der Waals surface area (Å²) in [7, 11) is 0. The summed E-state index contributed by atoms with van der Waals surface area (Å²) in [5.41, 5.74) is 2.67. The molecule has 0 aromatic heterocycles. The number of rotatable bonds is 3. The van der Waals surface area contributed by atoms with Crippen LogP contribution in [0.4, 0.5) is 0 Å². The number of carbonyl (C=O) groups is 2. The first-order valence-corrected chi connectivity index (χ1v) is 11.1. The van der Waals surface area contributed by atoms with E-state index in [0.717, 1.165) is 11.1 Å². The normalized spacial score (nSPS) is 25.4. The highest BCUT2D eigenvalue weighted by Gasteiger charge is 2.44. The largest absolute Gasteiger partial charge is 0.465 e. The van der Waals surface area contributed by atoms with Crippen LogP contribution in [-0.4, -0.2) is 71.7 Å². The van der Waals surface area contributed by atoms with E-state index in [1.165, 1.54) is 0 Å². The Balaban J connectivity index is 1.37. The van der Waals surface area contributed by atoms with Gasteiger partial charge in [0, 0.05) is 32.0 Å². The minimum Gasteiger partial charge on any atom is -0.465 e. The third-order valence-corrected chi connectivity index (χ3v) is 6.30. The maximum atomic E-state index is 13.3. The standard InChI is InChI=1S/C25H27N2O5/c1-18-5-4-6-19(15-18)16-22-24(29)27(20-7-2-3-8-21(20)32-22)17-23(28)26-11-9-25(10-12-26)30-13-14-31-25/h2-8,15-16,21H,9-14,17H2,1H3/q+1/b22-16+. The minimum absolute atomic E-state index is 0.0217. The van der Waals surface area contributed by atoms with E-state index in [9.17, 15) is 9.59 Å². The molecule has 0 radical (unpaired) electrons. The molecule has 1 spiro atoms. The molecule has 1 aliphatic carbocycles. The van der Waals surface area contributed by atoms with Crippen molar-refractivity contribution in [2.24, 2.45) is 0 Å². The number of likely N-dealkylation sites (tertiary alicyclic amines) is 1. The first kappa shape index (κ1) is 20.8. The fraction of sp³-hybridized carbons (Fsp3) is 0.400. The predicted octanol–water partition coefficient (Wildman–Crippen LogP) is 2.21. The van der Waals surface area contributed by atoms with Crippen LogP contribution in [0.1, 0.15) is 24.0 Å². The summed E-state index contributed by atoms with van der Waals surface area (Å²) < 4.78 is 19.1. The first-order valence-electron chi connectivity index (χ1n) is 11.1. The second-order valence-corrected chi connectivity index (χ2v) is 8.51. The van der Waals surface area contributed by atoms with E-state index in [1.807, 2.05) is 55.5 Å². The molecule has 0 N–H and O–H groups in total. The Morgan fingerprint density at radius 1 is 1.22 bits per heavy atom. The number of amides is 2. The Morgan fingerprint density at radius 2 is 2.00 bits per heavy atom. The van der Waals surface area contributed by atoms with E-state index >= 15 is 0 Å². The number of allylic oxidation sites excluding steroid dienone is 2. The molecule has 166 valence electrons. The Kier molecular flexibility index (Phi) is 5.53. The fourth-order valence-corrected chi connectivity index (χ4v) is 4.58. The van der Waals surface area contributed by atoms with Crippen LogP contribution in [0.25, 0.3) is 6.08 Å². The second kappa shape index (κ2) is 8.48. The van der Waals surface area contributed by atoms with E-state index in [1.54, 1.807) is 15.6 Å². The summed E-state index contributed by atoms with van der Waals surface area (Å²) >= 11 is 0. The maximum Gasteiger partial charge on any atom is 0.455 e. The predicted molar refractivity (Wildman–Crippen MR) is 118 cm³/mol. The molecule has 1 unspecified atom stereocenters. The molecule has 5 rings (SSSR count). The molecule has 0 bridgehead atoms. The zero-order valence-electron chi connectivity index (χ0n) is 18.2. The number of piperidine rings is 1. The molecule has 2 amide bonds. The number of carbonyl (C=O) groups excluding carboxylic acids is 2. The Hall–Kier alpha value is -3.03. The van der Waals surface area contributed by atoms with Gasteiger partial charge in [-0.1, -0.05) is 42.0 Å². The molecule has 4 aliphatic rings. The summed E-state index contributed by atoms with van der Waals surface area (Å²) in [4.78, 5) is 28.3. The molecule has 7 nitrogen and oxygen atoms in total. The number of hydrogen-bond acceptors (Lipinski definition) is 5. The zero-order chi connectivity index (χ0) is 22.1. The van der Waals surface area contributed by atoms with Crippen molar-refractivity contribution in [3.63, 3.8) is 0 Å². The van der Waals surface area contributed by atoms with Gasteiger partial charge in [0.2, 0.25) is 24.1 Å². The Bertz CT molecular complexity index is 1050. The van der Waals surface area contributed by atoms with Crippen LogP contribution in [0, 0.1) is 6.92 Å². The van der Waals surface area contributed by atoms with Crippen molar-refractivity contribution in [1.29, 1.82) is 0 Å². The number of benzene rings is 1. The van der Waals surface area contributed by atoms with E-state index in [4.69, 9.17) is 14.2 Å². The number of hydrogen-bond donors (Lipinski definition) is 0. The average molecular weight is 436 g/mol. The van der Waals surface area contributed by atoms with Crippen LogP contribution in [0.2, 0.25) is 0 Å². The third kappa shape index (κ3) is 4.06. The second-order valence-electron chi connectivity index (χ2n) is 8.51. The molecule has 3 aliphatic heterocycles. The van der Waals surface area contributed by atoms with Crippen molar-refractivity contribution >= 4 is 23.6 Å². The summed E-state index contributed by atoms with van der Waals surface area (Å²) in [5.74, 6) is -0.687. The minimum atomic E-state index is -0.536. The molecular formula is C25H27N2O5+. The molecular weight excluding hydrogens is 408 g/mol. The lowest BCUT2D eigenvalue weighted by Crippen LogP contribution is -2.51. The van der Waals surface area contributed by atoms with Gasteiger partial charge in [0.15, 0.2) is 5.79 Å². The number of nitrogens with zero attached hydrogens (tertiary/aromatic N) is 2. The first-order chi connectivity index (χ1) is 15.5. The lowest BCUT2D eigenvalue weighted by molar-refractivity contribution is -0.444. The van der Waals surface area contributed by atoms with E-state index in [2.05, 4.69) is 0 Å². The molecule has 7 heteroatoms. The topological polar surface area (TPSA) is 68.1 Å². The van der Waals surface area contributed by atoms with Gasteiger partial charge in [0.1, 0.15) is 0 Å². The lowest BCUT2D eigenvalue weighted by Gasteiger charge is -2.37.